The van der Waals surface area contributed by atoms with Gasteiger partial charge in [-0.15, -0.1) is 0 Å². The Labute approximate surface area is 143 Å². The maximum absolute atomic E-state index is 12.6. The molecule has 0 aromatic carbocycles. The molecule has 128 valence electrons. The summed E-state index contributed by atoms with van der Waals surface area (Å²) >= 11 is 0. The normalized spacial score (nSPS) is 20.3. The Bertz CT molecular complexity index is 893. The molecule has 3 aromatic rings. The molecule has 3 aromatic heterocycles. The first-order valence-corrected chi connectivity index (χ1v) is 8.50. The number of hydrogen-bond acceptors (Lipinski definition) is 6. The van der Waals surface area contributed by atoms with Crippen molar-refractivity contribution in [3.63, 3.8) is 0 Å². The van der Waals surface area contributed by atoms with Crippen LogP contribution < -0.4 is 0 Å². The van der Waals surface area contributed by atoms with Crippen molar-refractivity contribution in [2.45, 2.75) is 31.1 Å². The molecule has 5 rings (SSSR count). The Hall–Kier alpha value is -2.90. The van der Waals surface area contributed by atoms with Gasteiger partial charge in [-0.1, -0.05) is 5.16 Å². The second-order valence-corrected chi connectivity index (χ2v) is 6.65. The lowest BCUT2D eigenvalue weighted by atomic mass is 10.1. The molecular formula is C17H17N5O3. The third-order valence-corrected chi connectivity index (χ3v) is 4.85. The fraction of sp³-hybridized carbons (Fsp3) is 0.412. The molecule has 1 N–H and O–H groups in total. The van der Waals surface area contributed by atoms with Crippen LogP contribution in [0.15, 0.2) is 33.4 Å². The number of H-pyrrole nitrogens is 1. The average Bonchev–Trinajstić information content (AvgIpc) is 3.16. The van der Waals surface area contributed by atoms with Gasteiger partial charge in [-0.3, -0.25) is 9.89 Å². The van der Waals surface area contributed by atoms with Gasteiger partial charge in [-0.05, 0) is 37.5 Å². The van der Waals surface area contributed by atoms with Gasteiger partial charge < -0.3 is 13.8 Å². The highest BCUT2D eigenvalue weighted by Crippen LogP contribution is 2.39. The van der Waals surface area contributed by atoms with Gasteiger partial charge in [0, 0.05) is 30.6 Å². The largest absolute Gasteiger partial charge is 0.459 e. The van der Waals surface area contributed by atoms with Gasteiger partial charge in [0.05, 0.1) is 6.26 Å². The average molecular weight is 339 g/mol. The predicted molar refractivity (Wildman–Crippen MR) is 85.8 cm³/mol. The summed E-state index contributed by atoms with van der Waals surface area (Å²) in [7, 11) is 0. The van der Waals surface area contributed by atoms with Crippen LogP contribution in [0.2, 0.25) is 0 Å². The fourth-order valence-electron chi connectivity index (χ4n) is 3.27. The summed E-state index contributed by atoms with van der Waals surface area (Å²) in [6.07, 6.45) is 4.73. The first-order chi connectivity index (χ1) is 12.3. The summed E-state index contributed by atoms with van der Waals surface area (Å²) in [6.45, 7) is 1.24. The first-order valence-electron chi connectivity index (χ1n) is 8.50. The van der Waals surface area contributed by atoms with Crippen LogP contribution >= 0.6 is 0 Å². The van der Waals surface area contributed by atoms with Crippen molar-refractivity contribution in [3.8, 4) is 11.7 Å². The van der Waals surface area contributed by atoms with Crippen molar-refractivity contribution < 1.29 is 13.7 Å². The summed E-state index contributed by atoms with van der Waals surface area (Å²) in [4.78, 5) is 18.8. The van der Waals surface area contributed by atoms with E-state index in [0.717, 1.165) is 12.1 Å². The van der Waals surface area contributed by atoms with Crippen LogP contribution in [-0.4, -0.2) is 44.2 Å². The lowest BCUT2D eigenvalue weighted by molar-refractivity contribution is 0.0784. The monoisotopic (exact) mass is 339 g/mol. The smallest absolute Gasteiger partial charge is 0.293 e. The fourth-order valence-corrected chi connectivity index (χ4v) is 3.27. The molecule has 1 aliphatic carbocycles. The third kappa shape index (κ3) is 2.63. The van der Waals surface area contributed by atoms with Crippen LogP contribution in [0.1, 0.15) is 53.1 Å². The lowest BCUT2D eigenvalue weighted by Crippen LogP contribution is -2.28. The number of furan rings is 1. The quantitative estimate of drug-likeness (QED) is 0.784. The molecule has 1 atom stereocenters. The predicted octanol–water partition coefficient (Wildman–Crippen LogP) is 2.56. The standard InChI is InChI=1S/C17H17N5O3/c23-17(13-8-12(19-20-13)10-3-4-10)22-6-5-11(9-22)15-18-16(25-21-15)14-2-1-7-24-14/h1-2,7-8,10-11H,3-6,9H2,(H,19,20)/t11-/m1/s1. The zero-order chi connectivity index (χ0) is 16.8. The Morgan fingerprint density at radius 1 is 1.28 bits per heavy atom. The van der Waals surface area contributed by atoms with E-state index in [4.69, 9.17) is 8.94 Å². The highest BCUT2D eigenvalue weighted by Gasteiger charge is 2.33. The van der Waals surface area contributed by atoms with Crippen LogP contribution in [0.3, 0.4) is 0 Å². The van der Waals surface area contributed by atoms with Gasteiger partial charge in [0.1, 0.15) is 5.69 Å². The number of amides is 1. The number of nitrogens with one attached hydrogen (secondary N) is 1. The molecule has 1 saturated carbocycles. The number of carbonyl (C=O) groups is 1. The third-order valence-electron chi connectivity index (χ3n) is 4.85. The Kier molecular flexibility index (Phi) is 3.22. The number of nitrogens with zero attached hydrogens (tertiary/aromatic N) is 4. The highest BCUT2D eigenvalue weighted by atomic mass is 16.5. The number of carbonyl (C=O) groups excluding carboxylic acids is 1. The summed E-state index contributed by atoms with van der Waals surface area (Å²) in [5.74, 6) is 2.11. The topological polar surface area (TPSA) is 101 Å². The Morgan fingerprint density at radius 3 is 3.00 bits per heavy atom. The van der Waals surface area contributed by atoms with E-state index in [1.54, 1.807) is 23.3 Å². The SMILES string of the molecule is O=C(c1cc(C2CC2)[nH]n1)N1CC[C@@H](c2noc(-c3ccco3)n2)C1. The molecule has 1 amide bonds. The molecule has 0 radical (unpaired) electrons. The molecular weight excluding hydrogens is 322 g/mol. The summed E-state index contributed by atoms with van der Waals surface area (Å²) in [6, 6.07) is 5.43. The summed E-state index contributed by atoms with van der Waals surface area (Å²) in [5.41, 5.74) is 1.56. The summed E-state index contributed by atoms with van der Waals surface area (Å²) in [5, 5.41) is 11.2. The second kappa shape index (κ2) is 5.58. The van der Waals surface area contributed by atoms with Crippen LogP contribution in [0.4, 0.5) is 0 Å². The van der Waals surface area contributed by atoms with Crippen molar-refractivity contribution >= 4 is 5.91 Å². The first kappa shape index (κ1) is 14.4. The van der Waals surface area contributed by atoms with Crippen molar-refractivity contribution in [1.82, 2.24) is 25.2 Å². The van der Waals surface area contributed by atoms with Gasteiger partial charge >= 0.3 is 0 Å². The molecule has 0 spiro atoms. The van der Waals surface area contributed by atoms with Gasteiger partial charge in [0.15, 0.2) is 11.6 Å². The minimum atomic E-state index is -0.0413. The van der Waals surface area contributed by atoms with Crippen LogP contribution in [-0.2, 0) is 0 Å². The highest BCUT2D eigenvalue weighted by molar-refractivity contribution is 5.92. The van der Waals surface area contributed by atoms with E-state index in [-0.39, 0.29) is 11.8 Å². The number of rotatable bonds is 4. The zero-order valence-electron chi connectivity index (χ0n) is 13.5. The number of hydrogen-bond donors (Lipinski definition) is 1. The van der Waals surface area contributed by atoms with E-state index in [2.05, 4.69) is 20.3 Å². The lowest BCUT2D eigenvalue weighted by Gasteiger charge is -2.13. The van der Waals surface area contributed by atoms with E-state index in [9.17, 15) is 4.79 Å². The van der Waals surface area contributed by atoms with Gasteiger partial charge in [-0.2, -0.15) is 10.1 Å². The van der Waals surface area contributed by atoms with Crippen molar-refractivity contribution in [2.75, 3.05) is 13.1 Å². The summed E-state index contributed by atoms with van der Waals surface area (Å²) < 4.78 is 10.5. The van der Waals surface area contributed by atoms with Gasteiger partial charge in [-0.25, -0.2) is 0 Å². The van der Waals surface area contributed by atoms with Crippen molar-refractivity contribution in [2.24, 2.45) is 0 Å². The minimum Gasteiger partial charge on any atom is -0.459 e. The molecule has 2 fully saturated rings. The molecule has 0 unspecified atom stereocenters. The Morgan fingerprint density at radius 2 is 2.20 bits per heavy atom. The van der Waals surface area contributed by atoms with Crippen molar-refractivity contribution in [3.05, 3.63) is 41.7 Å². The van der Waals surface area contributed by atoms with E-state index < -0.39 is 0 Å². The van der Waals surface area contributed by atoms with Gasteiger partial charge in [0.25, 0.3) is 11.8 Å². The van der Waals surface area contributed by atoms with Crippen LogP contribution in [0, 0.1) is 0 Å². The number of likely N-dealkylation sites (tertiary alicyclic amines) is 1. The maximum Gasteiger partial charge on any atom is 0.293 e. The molecule has 8 heteroatoms. The zero-order valence-corrected chi connectivity index (χ0v) is 13.5. The molecule has 0 bridgehead atoms. The molecule has 4 heterocycles. The van der Waals surface area contributed by atoms with Crippen molar-refractivity contribution in [1.29, 1.82) is 0 Å². The van der Waals surface area contributed by atoms with Crippen LogP contribution in [0.5, 0.6) is 0 Å². The minimum absolute atomic E-state index is 0.0413. The van der Waals surface area contributed by atoms with Gasteiger partial charge in [0.2, 0.25) is 0 Å². The van der Waals surface area contributed by atoms with E-state index >= 15 is 0 Å². The number of aromatic nitrogens is 4. The molecule has 1 aliphatic heterocycles. The van der Waals surface area contributed by atoms with Crippen LogP contribution in [0.25, 0.3) is 11.7 Å². The van der Waals surface area contributed by atoms with E-state index in [0.29, 0.717) is 42.2 Å². The molecule has 1 saturated heterocycles. The Balaban J connectivity index is 1.28. The van der Waals surface area contributed by atoms with E-state index in [1.165, 1.54) is 12.8 Å². The molecule has 25 heavy (non-hydrogen) atoms. The van der Waals surface area contributed by atoms with E-state index in [1.807, 2.05) is 6.07 Å². The maximum atomic E-state index is 12.6. The molecule has 2 aliphatic rings. The second-order valence-electron chi connectivity index (χ2n) is 6.65. The molecule has 8 nitrogen and oxygen atoms in total. The number of aromatic amines is 1.